The van der Waals surface area contributed by atoms with Gasteiger partial charge < -0.3 is 5.32 Å². The van der Waals surface area contributed by atoms with E-state index >= 15 is 0 Å². The van der Waals surface area contributed by atoms with Crippen LogP contribution in [0, 0.1) is 6.92 Å². The molecule has 1 fully saturated rings. The molecule has 1 unspecified atom stereocenters. The van der Waals surface area contributed by atoms with Gasteiger partial charge in [0.05, 0.1) is 5.75 Å². The molecule has 1 aliphatic rings. The molecule has 6 heteroatoms. The van der Waals surface area contributed by atoms with Crippen LogP contribution in [0.3, 0.4) is 0 Å². The first-order chi connectivity index (χ1) is 9.57. The standard InChI is InChI=1S/C14H23N3O2S/c1-12-10-15-8-5-13(12)11-17-20(18,19)9-6-14-4-2-3-7-16-14/h5,8,10,14,16-17H,2-4,6-7,9,11H2,1H3. The van der Waals surface area contributed by atoms with Gasteiger partial charge in [0.2, 0.25) is 10.0 Å². The second kappa shape index (κ2) is 7.15. The summed E-state index contributed by atoms with van der Waals surface area (Å²) in [6.07, 6.45) is 7.59. The van der Waals surface area contributed by atoms with E-state index < -0.39 is 10.0 Å². The molecule has 1 atom stereocenters. The van der Waals surface area contributed by atoms with Crippen molar-refractivity contribution in [2.75, 3.05) is 12.3 Å². The van der Waals surface area contributed by atoms with Gasteiger partial charge in [0.1, 0.15) is 0 Å². The molecule has 1 saturated heterocycles. The zero-order valence-corrected chi connectivity index (χ0v) is 12.7. The van der Waals surface area contributed by atoms with Crippen molar-refractivity contribution in [3.8, 4) is 0 Å². The quantitative estimate of drug-likeness (QED) is 0.831. The van der Waals surface area contributed by atoms with E-state index in [2.05, 4.69) is 15.0 Å². The number of nitrogens with zero attached hydrogens (tertiary/aromatic N) is 1. The lowest BCUT2D eigenvalue weighted by atomic mass is 10.0. The van der Waals surface area contributed by atoms with E-state index in [4.69, 9.17) is 0 Å². The Bertz CT molecular complexity index is 525. The smallest absolute Gasteiger partial charge is 0.211 e. The molecule has 20 heavy (non-hydrogen) atoms. The molecule has 1 aliphatic heterocycles. The van der Waals surface area contributed by atoms with Crippen molar-refractivity contribution >= 4 is 10.0 Å². The van der Waals surface area contributed by atoms with Crippen LogP contribution in [0.1, 0.15) is 36.8 Å². The largest absolute Gasteiger partial charge is 0.314 e. The van der Waals surface area contributed by atoms with Gasteiger partial charge >= 0.3 is 0 Å². The van der Waals surface area contributed by atoms with Gasteiger partial charge in [-0.25, -0.2) is 13.1 Å². The zero-order chi connectivity index (χ0) is 14.4. The Labute approximate surface area is 121 Å². The molecule has 2 heterocycles. The molecule has 5 nitrogen and oxygen atoms in total. The van der Waals surface area contributed by atoms with E-state index in [-0.39, 0.29) is 5.75 Å². The van der Waals surface area contributed by atoms with Crippen molar-refractivity contribution in [3.05, 3.63) is 29.6 Å². The Kier molecular flexibility index (Phi) is 5.51. The minimum Gasteiger partial charge on any atom is -0.314 e. The molecule has 0 aromatic carbocycles. The van der Waals surface area contributed by atoms with Crippen molar-refractivity contribution in [2.24, 2.45) is 0 Å². The molecule has 2 N–H and O–H groups in total. The number of sulfonamides is 1. The molecule has 0 amide bonds. The third-order valence-corrected chi connectivity index (χ3v) is 5.12. The minimum atomic E-state index is -3.21. The molecular formula is C14H23N3O2S. The summed E-state index contributed by atoms with van der Waals surface area (Å²) in [6, 6.07) is 2.20. The SMILES string of the molecule is Cc1cnccc1CNS(=O)(=O)CCC1CCCCN1. The monoisotopic (exact) mass is 297 g/mol. The molecule has 1 aromatic heterocycles. The fourth-order valence-electron chi connectivity index (χ4n) is 2.43. The van der Waals surface area contributed by atoms with E-state index in [0.717, 1.165) is 24.1 Å². The minimum absolute atomic E-state index is 0.189. The van der Waals surface area contributed by atoms with Gasteiger partial charge in [-0.2, -0.15) is 0 Å². The maximum absolute atomic E-state index is 12.0. The molecule has 1 aromatic rings. The normalized spacial score (nSPS) is 19.9. The summed E-state index contributed by atoms with van der Waals surface area (Å²) >= 11 is 0. The third kappa shape index (κ3) is 4.85. The molecule has 0 saturated carbocycles. The van der Waals surface area contributed by atoms with Crippen LogP contribution in [0.15, 0.2) is 18.5 Å². The van der Waals surface area contributed by atoms with Crippen molar-refractivity contribution in [1.29, 1.82) is 0 Å². The molecule has 0 aliphatic carbocycles. The van der Waals surface area contributed by atoms with Gasteiger partial charge in [-0.3, -0.25) is 4.98 Å². The fraction of sp³-hybridized carbons (Fsp3) is 0.643. The molecule has 0 radical (unpaired) electrons. The second-order valence-electron chi connectivity index (χ2n) is 5.38. The maximum Gasteiger partial charge on any atom is 0.211 e. The Morgan fingerprint density at radius 1 is 1.45 bits per heavy atom. The van der Waals surface area contributed by atoms with Crippen molar-refractivity contribution in [1.82, 2.24) is 15.0 Å². The van der Waals surface area contributed by atoms with Crippen molar-refractivity contribution in [3.63, 3.8) is 0 Å². The Morgan fingerprint density at radius 3 is 3.00 bits per heavy atom. The Morgan fingerprint density at radius 2 is 2.30 bits per heavy atom. The summed E-state index contributed by atoms with van der Waals surface area (Å²) in [5.41, 5.74) is 1.98. The Hall–Kier alpha value is -0.980. The highest BCUT2D eigenvalue weighted by molar-refractivity contribution is 7.89. The molecule has 112 valence electrons. The topological polar surface area (TPSA) is 71.1 Å². The summed E-state index contributed by atoms with van der Waals surface area (Å²) in [5.74, 6) is 0.189. The van der Waals surface area contributed by atoms with E-state index in [1.807, 2.05) is 13.0 Å². The average Bonchev–Trinajstić information content (AvgIpc) is 2.46. The van der Waals surface area contributed by atoms with E-state index in [0.29, 0.717) is 19.0 Å². The van der Waals surface area contributed by atoms with Crippen molar-refractivity contribution in [2.45, 2.75) is 45.2 Å². The summed E-state index contributed by atoms with van der Waals surface area (Å²) in [7, 11) is -3.21. The average molecular weight is 297 g/mol. The summed E-state index contributed by atoms with van der Waals surface area (Å²) in [5, 5.41) is 3.37. The predicted molar refractivity (Wildman–Crippen MR) is 79.9 cm³/mol. The second-order valence-corrected chi connectivity index (χ2v) is 7.30. The van der Waals surface area contributed by atoms with E-state index in [9.17, 15) is 8.42 Å². The van der Waals surface area contributed by atoms with Gasteiger partial charge in [0.25, 0.3) is 0 Å². The summed E-state index contributed by atoms with van der Waals surface area (Å²) in [4.78, 5) is 4.00. The molecule has 0 spiro atoms. The molecule has 0 bridgehead atoms. The number of piperidine rings is 1. The number of aryl methyl sites for hydroxylation is 1. The van der Waals surface area contributed by atoms with Gasteiger partial charge in [-0.1, -0.05) is 6.42 Å². The van der Waals surface area contributed by atoms with Crippen LogP contribution < -0.4 is 10.0 Å². The van der Waals surface area contributed by atoms with Crippen LogP contribution in [0.4, 0.5) is 0 Å². The number of pyridine rings is 1. The van der Waals surface area contributed by atoms with E-state index in [1.54, 1.807) is 12.4 Å². The van der Waals surface area contributed by atoms with Gasteiger partial charge in [0.15, 0.2) is 0 Å². The van der Waals surface area contributed by atoms with Crippen LogP contribution in [-0.2, 0) is 16.6 Å². The lowest BCUT2D eigenvalue weighted by molar-refractivity contribution is 0.392. The van der Waals surface area contributed by atoms with Gasteiger partial charge in [-0.05, 0) is 49.9 Å². The highest BCUT2D eigenvalue weighted by Gasteiger charge is 2.17. The maximum atomic E-state index is 12.0. The van der Waals surface area contributed by atoms with Crippen LogP contribution in [0.2, 0.25) is 0 Å². The van der Waals surface area contributed by atoms with Gasteiger partial charge in [-0.15, -0.1) is 0 Å². The number of rotatable bonds is 6. The molecule has 2 rings (SSSR count). The zero-order valence-electron chi connectivity index (χ0n) is 11.9. The van der Waals surface area contributed by atoms with Crippen LogP contribution in [0.5, 0.6) is 0 Å². The summed E-state index contributed by atoms with van der Waals surface area (Å²) < 4.78 is 26.7. The molecular weight excluding hydrogens is 274 g/mol. The third-order valence-electron chi connectivity index (χ3n) is 3.77. The van der Waals surface area contributed by atoms with Crippen LogP contribution in [-0.4, -0.2) is 31.7 Å². The Balaban J connectivity index is 1.80. The number of aromatic nitrogens is 1. The number of hydrogen-bond donors (Lipinski definition) is 2. The van der Waals surface area contributed by atoms with E-state index in [1.165, 1.54) is 12.8 Å². The highest BCUT2D eigenvalue weighted by Crippen LogP contribution is 2.11. The first-order valence-electron chi connectivity index (χ1n) is 7.17. The highest BCUT2D eigenvalue weighted by atomic mass is 32.2. The van der Waals surface area contributed by atoms with Gasteiger partial charge in [0, 0.05) is 25.0 Å². The first-order valence-corrected chi connectivity index (χ1v) is 8.82. The number of nitrogens with one attached hydrogen (secondary N) is 2. The van der Waals surface area contributed by atoms with Crippen LogP contribution in [0.25, 0.3) is 0 Å². The van der Waals surface area contributed by atoms with Crippen molar-refractivity contribution < 1.29 is 8.42 Å². The van der Waals surface area contributed by atoms with Crippen LogP contribution >= 0.6 is 0 Å². The summed E-state index contributed by atoms with van der Waals surface area (Å²) in [6.45, 7) is 3.28. The fourth-order valence-corrected chi connectivity index (χ4v) is 3.54. The number of hydrogen-bond acceptors (Lipinski definition) is 4. The predicted octanol–water partition coefficient (Wildman–Crippen LogP) is 1.34. The lowest BCUT2D eigenvalue weighted by Crippen LogP contribution is -2.37. The lowest BCUT2D eigenvalue weighted by Gasteiger charge is -2.23. The first kappa shape index (κ1) is 15.4.